The zero-order valence-electron chi connectivity index (χ0n) is 27.9. The van der Waals surface area contributed by atoms with Gasteiger partial charge in [-0.1, -0.05) is 108 Å². The molecule has 0 aliphatic carbocycles. The fourth-order valence-corrected chi connectivity index (χ4v) is 9.56. The van der Waals surface area contributed by atoms with E-state index in [1.165, 1.54) is 43.4 Å². The summed E-state index contributed by atoms with van der Waals surface area (Å²) in [4.78, 5) is 29.6. The molecule has 0 saturated carbocycles. The van der Waals surface area contributed by atoms with Crippen molar-refractivity contribution < 1.29 is 0 Å². The molecule has 48 heavy (non-hydrogen) atoms. The normalized spacial score (nSPS) is 13.5. The first kappa shape index (κ1) is 29.8. The standard InChI is InChI=1S/C44H36INO2/c1-6-12-24(7-2)46-42(47)40-31-21-29(25-13-8-10-15-33(25)44(3,4)5)27-19-17-23-18-20-28-30(26-14-9-11-16-34(26)45)22-32(41(40)43(46)48)39-37(28)35(23)36(27)38(31)39/h8-11,13-22,24H,6-7,12H2,1-5H3. The first-order valence-electron chi connectivity index (χ1n) is 17.2. The summed E-state index contributed by atoms with van der Waals surface area (Å²) in [6, 6.07) is 30.5. The molecule has 0 bridgehead atoms. The Bertz CT molecular complexity index is 2820. The van der Waals surface area contributed by atoms with Crippen molar-refractivity contribution in [1.29, 1.82) is 0 Å². The van der Waals surface area contributed by atoms with Crippen LogP contribution in [0.1, 0.15) is 65.5 Å². The zero-order valence-corrected chi connectivity index (χ0v) is 30.1. The Morgan fingerprint density at radius 3 is 1.67 bits per heavy atom. The van der Waals surface area contributed by atoms with Gasteiger partial charge in [-0.3, -0.25) is 14.2 Å². The average Bonchev–Trinajstić information content (AvgIpc) is 3.57. The van der Waals surface area contributed by atoms with Crippen molar-refractivity contribution >= 4 is 87.2 Å². The molecule has 0 amide bonds. The first-order chi connectivity index (χ1) is 23.2. The predicted molar refractivity (Wildman–Crippen MR) is 213 cm³/mol. The van der Waals surface area contributed by atoms with Gasteiger partial charge >= 0.3 is 0 Å². The van der Waals surface area contributed by atoms with E-state index >= 15 is 0 Å². The maximum Gasteiger partial charge on any atom is 0.262 e. The van der Waals surface area contributed by atoms with Gasteiger partial charge in [0.25, 0.3) is 11.1 Å². The van der Waals surface area contributed by atoms with Crippen LogP contribution >= 0.6 is 22.6 Å². The van der Waals surface area contributed by atoms with Gasteiger partial charge in [0.2, 0.25) is 0 Å². The lowest BCUT2D eigenvalue weighted by atomic mass is 9.80. The summed E-state index contributed by atoms with van der Waals surface area (Å²) in [6.45, 7) is 11.0. The summed E-state index contributed by atoms with van der Waals surface area (Å²) < 4.78 is 2.76. The minimum Gasteiger partial charge on any atom is -0.271 e. The van der Waals surface area contributed by atoms with E-state index in [4.69, 9.17) is 0 Å². The molecular formula is C44H36INO2. The summed E-state index contributed by atoms with van der Waals surface area (Å²) in [6.07, 6.45) is 2.45. The third-order valence-electron chi connectivity index (χ3n) is 10.9. The Morgan fingerprint density at radius 1 is 0.604 bits per heavy atom. The molecule has 3 nitrogen and oxygen atoms in total. The quantitative estimate of drug-likeness (QED) is 0.126. The van der Waals surface area contributed by atoms with Gasteiger partial charge in [-0.25, -0.2) is 0 Å². The molecular weight excluding hydrogens is 701 g/mol. The number of fused-ring (bicyclic) bond motifs is 3. The smallest absolute Gasteiger partial charge is 0.262 e. The average molecular weight is 738 g/mol. The number of rotatable bonds is 6. The van der Waals surface area contributed by atoms with Crippen LogP contribution in [0, 0.1) is 3.57 Å². The van der Waals surface area contributed by atoms with Gasteiger partial charge in [0, 0.05) is 9.61 Å². The highest BCUT2D eigenvalue weighted by Gasteiger charge is 2.31. The zero-order chi connectivity index (χ0) is 33.2. The lowest BCUT2D eigenvalue weighted by Crippen LogP contribution is -2.29. The Hall–Kier alpha value is -4.29. The van der Waals surface area contributed by atoms with Gasteiger partial charge in [-0.05, 0) is 141 Å². The van der Waals surface area contributed by atoms with E-state index in [0.29, 0.717) is 10.8 Å². The van der Waals surface area contributed by atoms with Crippen molar-refractivity contribution in [2.24, 2.45) is 0 Å². The maximum atomic E-state index is 14.8. The molecule has 9 rings (SSSR count). The Labute approximate surface area is 292 Å². The number of aromatic nitrogens is 1. The van der Waals surface area contributed by atoms with Crippen molar-refractivity contribution in [3.63, 3.8) is 0 Å². The van der Waals surface area contributed by atoms with Crippen LogP contribution in [0.4, 0.5) is 0 Å². The number of halogens is 1. The Morgan fingerprint density at radius 2 is 1.12 bits per heavy atom. The highest BCUT2D eigenvalue weighted by atomic mass is 127. The fourth-order valence-electron chi connectivity index (χ4n) is 8.88. The van der Waals surface area contributed by atoms with Gasteiger partial charge in [0.05, 0.1) is 10.8 Å². The molecule has 9 aromatic rings. The minimum atomic E-state index is -0.148. The topological polar surface area (TPSA) is 39.1 Å². The van der Waals surface area contributed by atoms with Crippen LogP contribution in [-0.4, -0.2) is 4.57 Å². The SMILES string of the molecule is CCCC(CC)n1c(=O)c2c3cc(-c4ccccc4I)c4ccc5ccc6c(-c7ccccc7C(C)(C)C)cc(c2c1=O)c1c6c5c4c31. The van der Waals surface area contributed by atoms with Crippen LogP contribution in [0.2, 0.25) is 0 Å². The Balaban J connectivity index is 1.60. The minimum absolute atomic E-state index is 0.0875. The molecule has 4 heteroatoms. The molecule has 0 aliphatic rings. The van der Waals surface area contributed by atoms with Gasteiger partial charge in [0.15, 0.2) is 0 Å². The van der Waals surface area contributed by atoms with Crippen LogP contribution in [0.5, 0.6) is 0 Å². The number of hydrogen-bond donors (Lipinski definition) is 0. The lowest BCUT2D eigenvalue weighted by Gasteiger charge is -2.24. The van der Waals surface area contributed by atoms with E-state index < -0.39 is 0 Å². The maximum absolute atomic E-state index is 14.8. The van der Waals surface area contributed by atoms with Crippen LogP contribution in [0.15, 0.2) is 94.5 Å². The molecule has 236 valence electrons. The number of nitrogens with zero attached hydrogens (tertiary/aromatic N) is 1. The van der Waals surface area contributed by atoms with E-state index in [0.717, 1.165) is 61.1 Å². The van der Waals surface area contributed by atoms with E-state index in [2.05, 4.69) is 142 Å². The van der Waals surface area contributed by atoms with Crippen LogP contribution in [0.25, 0.3) is 86.9 Å². The molecule has 0 aliphatic heterocycles. The molecule has 1 atom stereocenters. The van der Waals surface area contributed by atoms with Gasteiger partial charge in [-0.15, -0.1) is 0 Å². The first-order valence-corrected chi connectivity index (χ1v) is 18.2. The van der Waals surface area contributed by atoms with E-state index in [-0.39, 0.29) is 22.6 Å². The summed E-state index contributed by atoms with van der Waals surface area (Å²) >= 11 is 2.42. The van der Waals surface area contributed by atoms with Crippen LogP contribution < -0.4 is 11.1 Å². The molecule has 0 saturated heterocycles. The monoisotopic (exact) mass is 737 g/mol. The van der Waals surface area contributed by atoms with E-state index in [1.54, 1.807) is 4.57 Å². The van der Waals surface area contributed by atoms with Gasteiger partial charge in [0.1, 0.15) is 0 Å². The van der Waals surface area contributed by atoms with Gasteiger partial charge < -0.3 is 0 Å². The molecule has 8 aromatic carbocycles. The second-order valence-corrected chi connectivity index (χ2v) is 15.8. The third kappa shape index (κ3) is 3.81. The molecule has 0 fully saturated rings. The fraction of sp³-hybridized carbons (Fsp3) is 0.227. The number of hydrogen-bond acceptors (Lipinski definition) is 2. The van der Waals surface area contributed by atoms with E-state index in [9.17, 15) is 9.59 Å². The largest absolute Gasteiger partial charge is 0.271 e. The van der Waals surface area contributed by atoms with Crippen molar-refractivity contribution in [2.45, 2.75) is 65.3 Å². The van der Waals surface area contributed by atoms with Crippen LogP contribution in [-0.2, 0) is 5.41 Å². The van der Waals surface area contributed by atoms with E-state index in [1.807, 2.05) is 0 Å². The van der Waals surface area contributed by atoms with Crippen molar-refractivity contribution in [1.82, 2.24) is 4.57 Å². The Kier molecular flexibility index (Phi) is 6.43. The second kappa shape index (κ2) is 10.4. The summed E-state index contributed by atoms with van der Waals surface area (Å²) in [5.41, 5.74) is 5.42. The summed E-state index contributed by atoms with van der Waals surface area (Å²) in [7, 11) is 0. The lowest BCUT2D eigenvalue weighted by molar-refractivity contribution is 0.433. The van der Waals surface area contributed by atoms with Gasteiger partial charge in [-0.2, -0.15) is 0 Å². The molecule has 0 spiro atoms. The predicted octanol–water partition coefficient (Wildman–Crippen LogP) is 11.9. The third-order valence-corrected chi connectivity index (χ3v) is 11.9. The van der Waals surface area contributed by atoms with Crippen LogP contribution in [0.3, 0.4) is 0 Å². The summed E-state index contributed by atoms with van der Waals surface area (Å²) in [5.74, 6) is 0. The molecule has 0 radical (unpaired) electrons. The van der Waals surface area contributed by atoms with Crippen molar-refractivity contribution in [3.05, 3.63) is 115 Å². The molecule has 0 N–H and O–H groups in total. The highest BCUT2D eigenvalue weighted by molar-refractivity contribution is 14.1. The summed E-state index contributed by atoms with van der Waals surface area (Å²) in [5, 5.41) is 12.4. The number of benzene rings is 7. The van der Waals surface area contributed by atoms with Crippen molar-refractivity contribution in [3.8, 4) is 22.3 Å². The highest BCUT2D eigenvalue weighted by Crippen LogP contribution is 2.54. The van der Waals surface area contributed by atoms with Crippen molar-refractivity contribution in [2.75, 3.05) is 0 Å². The molecule has 1 aromatic heterocycles. The second-order valence-electron chi connectivity index (χ2n) is 14.6. The molecule has 1 unspecified atom stereocenters. The molecule has 1 heterocycles.